The summed E-state index contributed by atoms with van der Waals surface area (Å²) in [6.07, 6.45) is 0.608. The number of hydrogen-bond donors (Lipinski definition) is 1. The molecule has 1 aliphatic rings. The Balaban J connectivity index is 1.43. The van der Waals surface area contributed by atoms with Crippen molar-refractivity contribution >= 4 is 35.1 Å². The third-order valence-electron chi connectivity index (χ3n) is 3.83. The van der Waals surface area contributed by atoms with E-state index in [1.807, 2.05) is 18.2 Å². The van der Waals surface area contributed by atoms with Crippen LogP contribution in [0.1, 0.15) is 15.9 Å². The maximum Gasteiger partial charge on any atom is 0.340 e. The highest BCUT2D eigenvalue weighted by Crippen LogP contribution is 2.30. The van der Waals surface area contributed by atoms with Gasteiger partial charge in [-0.05, 0) is 42.3 Å². The zero-order chi connectivity index (χ0) is 19.2. The number of hydrogen-bond acceptors (Lipinski definition) is 5. The summed E-state index contributed by atoms with van der Waals surface area (Å²) >= 11 is 11.8. The number of rotatable bonds is 6. The van der Waals surface area contributed by atoms with E-state index in [4.69, 9.17) is 37.4 Å². The van der Waals surface area contributed by atoms with Crippen LogP contribution in [0.15, 0.2) is 36.4 Å². The summed E-state index contributed by atoms with van der Waals surface area (Å²) in [4.78, 5) is 23.8. The number of carbonyl (C=O) groups is 2. The molecule has 2 aromatic rings. The monoisotopic (exact) mass is 409 g/mol. The van der Waals surface area contributed by atoms with Gasteiger partial charge in [0.2, 0.25) is 0 Å². The summed E-state index contributed by atoms with van der Waals surface area (Å²) in [5.41, 5.74) is 1.12. The lowest BCUT2D eigenvalue weighted by Gasteiger charge is -2.18. The van der Waals surface area contributed by atoms with Crippen molar-refractivity contribution in [2.75, 3.05) is 26.4 Å². The van der Waals surface area contributed by atoms with Gasteiger partial charge in [0, 0.05) is 11.6 Å². The quantitative estimate of drug-likeness (QED) is 0.740. The first-order valence-electron chi connectivity index (χ1n) is 8.30. The van der Waals surface area contributed by atoms with Gasteiger partial charge in [-0.2, -0.15) is 0 Å². The summed E-state index contributed by atoms with van der Waals surface area (Å²) in [5, 5.41) is 3.26. The Morgan fingerprint density at radius 1 is 1.04 bits per heavy atom. The third kappa shape index (κ3) is 5.28. The lowest BCUT2D eigenvalue weighted by Crippen LogP contribution is -2.30. The number of halogens is 2. The van der Waals surface area contributed by atoms with Crippen molar-refractivity contribution in [1.82, 2.24) is 5.32 Å². The van der Waals surface area contributed by atoms with Crippen LogP contribution in [0.4, 0.5) is 0 Å². The van der Waals surface area contributed by atoms with Gasteiger partial charge in [0.1, 0.15) is 13.2 Å². The first kappa shape index (κ1) is 19.3. The maximum atomic E-state index is 12.0. The van der Waals surface area contributed by atoms with E-state index in [1.54, 1.807) is 6.07 Å². The van der Waals surface area contributed by atoms with Crippen LogP contribution in [0.2, 0.25) is 10.0 Å². The first-order valence-corrected chi connectivity index (χ1v) is 9.06. The number of nitrogens with one attached hydrogen (secondary N) is 1. The minimum Gasteiger partial charge on any atom is -0.486 e. The molecule has 2 aromatic carbocycles. The molecule has 1 amide bonds. The number of esters is 1. The fourth-order valence-electron chi connectivity index (χ4n) is 2.50. The van der Waals surface area contributed by atoms with E-state index in [0.29, 0.717) is 37.0 Å². The van der Waals surface area contributed by atoms with Gasteiger partial charge < -0.3 is 19.5 Å². The first-order chi connectivity index (χ1) is 13.0. The summed E-state index contributed by atoms with van der Waals surface area (Å²) in [5.74, 6) is 0.321. The van der Waals surface area contributed by atoms with Gasteiger partial charge in [0.15, 0.2) is 18.1 Å². The van der Waals surface area contributed by atoms with Crippen LogP contribution < -0.4 is 14.8 Å². The SMILES string of the molecule is O=C(COC(=O)c1cc(Cl)ccc1Cl)NCCc1ccc2c(c1)OCCO2. The lowest BCUT2D eigenvalue weighted by molar-refractivity contribution is -0.124. The molecule has 0 aliphatic carbocycles. The van der Waals surface area contributed by atoms with Gasteiger partial charge in [0.25, 0.3) is 5.91 Å². The number of fused-ring (bicyclic) bond motifs is 1. The smallest absolute Gasteiger partial charge is 0.340 e. The minimum atomic E-state index is -0.704. The van der Waals surface area contributed by atoms with Gasteiger partial charge in [0.05, 0.1) is 10.6 Å². The molecule has 27 heavy (non-hydrogen) atoms. The molecule has 1 heterocycles. The molecule has 3 rings (SSSR count). The molecule has 1 aliphatic heterocycles. The lowest BCUT2D eigenvalue weighted by atomic mass is 10.1. The van der Waals surface area contributed by atoms with Crippen molar-refractivity contribution in [3.63, 3.8) is 0 Å². The highest BCUT2D eigenvalue weighted by atomic mass is 35.5. The average molecular weight is 410 g/mol. The molecule has 0 fully saturated rings. The number of amides is 1. The summed E-state index contributed by atoms with van der Waals surface area (Å²) in [7, 11) is 0. The predicted molar refractivity (Wildman–Crippen MR) is 101 cm³/mol. The van der Waals surface area contributed by atoms with E-state index < -0.39 is 18.5 Å². The van der Waals surface area contributed by atoms with Crippen LogP contribution in [-0.2, 0) is 16.0 Å². The molecule has 8 heteroatoms. The van der Waals surface area contributed by atoms with E-state index in [0.717, 1.165) is 11.3 Å². The molecule has 0 aromatic heterocycles. The zero-order valence-corrected chi connectivity index (χ0v) is 15.8. The summed E-state index contributed by atoms with van der Waals surface area (Å²) < 4.78 is 16.0. The second kappa shape index (κ2) is 8.97. The minimum absolute atomic E-state index is 0.119. The second-order valence-electron chi connectivity index (χ2n) is 5.78. The Bertz CT molecular complexity index is 856. The normalized spacial score (nSPS) is 12.4. The van der Waals surface area contributed by atoms with E-state index in [2.05, 4.69) is 5.32 Å². The Hall–Kier alpha value is -2.44. The van der Waals surface area contributed by atoms with Gasteiger partial charge >= 0.3 is 5.97 Å². The highest BCUT2D eigenvalue weighted by Gasteiger charge is 2.15. The molecule has 0 unspecified atom stereocenters. The van der Waals surface area contributed by atoms with Gasteiger partial charge in [-0.25, -0.2) is 4.79 Å². The molecular formula is C19H17Cl2NO5. The van der Waals surface area contributed by atoms with Crippen LogP contribution >= 0.6 is 23.2 Å². The molecule has 6 nitrogen and oxygen atoms in total. The largest absolute Gasteiger partial charge is 0.486 e. The highest BCUT2D eigenvalue weighted by molar-refractivity contribution is 6.35. The Morgan fingerprint density at radius 3 is 2.63 bits per heavy atom. The van der Waals surface area contributed by atoms with Crippen molar-refractivity contribution in [3.05, 3.63) is 57.6 Å². The Kier molecular flexibility index (Phi) is 6.42. The van der Waals surface area contributed by atoms with Crippen LogP contribution in [-0.4, -0.2) is 38.2 Å². The number of ether oxygens (including phenoxy) is 3. The van der Waals surface area contributed by atoms with Crippen molar-refractivity contribution in [2.45, 2.75) is 6.42 Å². The molecular weight excluding hydrogens is 393 g/mol. The average Bonchev–Trinajstić information content (AvgIpc) is 2.68. The fraction of sp³-hybridized carbons (Fsp3) is 0.263. The molecule has 0 radical (unpaired) electrons. The standard InChI is InChI=1S/C19H17Cl2NO5/c20-13-2-3-15(21)14(10-13)19(24)27-11-18(23)22-6-5-12-1-4-16-17(9-12)26-8-7-25-16/h1-4,9-10H,5-8,11H2,(H,22,23). The zero-order valence-electron chi connectivity index (χ0n) is 14.3. The molecule has 142 valence electrons. The van der Waals surface area contributed by atoms with Crippen LogP contribution in [0.3, 0.4) is 0 Å². The van der Waals surface area contributed by atoms with Crippen LogP contribution in [0.25, 0.3) is 0 Å². The predicted octanol–water partition coefficient (Wildman–Crippen LogP) is 3.28. The van der Waals surface area contributed by atoms with Crippen molar-refractivity contribution in [1.29, 1.82) is 0 Å². The van der Waals surface area contributed by atoms with Gasteiger partial charge in [-0.1, -0.05) is 29.3 Å². The Labute approximate surface area is 166 Å². The van der Waals surface area contributed by atoms with Crippen LogP contribution in [0.5, 0.6) is 11.5 Å². The molecule has 0 bridgehead atoms. The van der Waals surface area contributed by atoms with E-state index in [9.17, 15) is 9.59 Å². The third-order valence-corrected chi connectivity index (χ3v) is 4.39. The van der Waals surface area contributed by atoms with Crippen molar-refractivity contribution < 1.29 is 23.8 Å². The van der Waals surface area contributed by atoms with Gasteiger partial charge in [-0.3, -0.25) is 4.79 Å². The molecule has 0 atom stereocenters. The molecule has 0 spiro atoms. The van der Waals surface area contributed by atoms with Crippen molar-refractivity contribution in [3.8, 4) is 11.5 Å². The van der Waals surface area contributed by atoms with Crippen molar-refractivity contribution in [2.24, 2.45) is 0 Å². The maximum absolute atomic E-state index is 12.0. The number of carbonyl (C=O) groups excluding carboxylic acids is 2. The van der Waals surface area contributed by atoms with Crippen LogP contribution in [0, 0.1) is 0 Å². The topological polar surface area (TPSA) is 73.9 Å². The molecule has 0 saturated carbocycles. The van der Waals surface area contributed by atoms with E-state index in [1.165, 1.54) is 12.1 Å². The summed E-state index contributed by atoms with van der Waals surface area (Å²) in [6, 6.07) is 10.1. The van der Waals surface area contributed by atoms with E-state index >= 15 is 0 Å². The Morgan fingerprint density at radius 2 is 1.81 bits per heavy atom. The van der Waals surface area contributed by atoms with E-state index in [-0.39, 0.29) is 10.6 Å². The molecule has 1 N–H and O–H groups in total. The van der Waals surface area contributed by atoms with Gasteiger partial charge in [-0.15, -0.1) is 0 Å². The fourth-order valence-corrected chi connectivity index (χ4v) is 2.87. The second-order valence-corrected chi connectivity index (χ2v) is 6.62. The molecule has 0 saturated heterocycles. The number of benzene rings is 2. The summed E-state index contributed by atoms with van der Waals surface area (Å²) in [6.45, 7) is 1.06.